The summed E-state index contributed by atoms with van der Waals surface area (Å²) in [6.07, 6.45) is 3.07. The minimum Gasteiger partial charge on any atom is -0.308 e. The lowest BCUT2D eigenvalue weighted by Gasteiger charge is -2.25. The van der Waals surface area contributed by atoms with Crippen LogP contribution in [-0.4, -0.2) is 31.1 Å². The van der Waals surface area contributed by atoms with Gasteiger partial charge in [-0.3, -0.25) is 4.90 Å². The minimum atomic E-state index is 0.681. The molecule has 1 aromatic heterocycles. The SMILES string of the molecule is CC#CCc1ccc(N(C)c2ncnc(NC)[n+]2N(C)c2ccc(CC#CC)cc2)cc1. The molecular weight excluding hydrogens is 396 g/mol. The Bertz CT molecular complexity index is 1160. The van der Waals surface area contributed by atoms with Gasteiger partial charge in [-0.2, -0.15) is 0 Å². The summed E-state index contributed by atoms with van der Waals surface area (Å²) in [5.41, 5.74) is 4.41. The number of hydrogen-bond donors (Lipinski definition) is 1. The molecule has 0 bridgehead atoms. The predicted octanol–water partition coefficient (Wildman–Crippen LogP) is 3.60. The first kappa shape index (κ1) is 22.7. The van der Waals surface area contributed by atoms with Crippen molar-refractivity contribution in [2.24, 2.45) is 0 Å². The Balaban J connectivity index is 1.95. The van der Waals surface area contributed by atoms with Gasteiger partial charge in [0.15, 0.2) is 0 Å². The van der Waals surface area contributed by atoms with E-state index in [1.165, 1.54) is 11.1 Å². The van der Waals surface area contributed by atoms with Crippen molar-refractivity contribution >= 4 is 23.3 Å². The lowest BCUT2D eigenvalue weighted by atomic mass is 10.1. The molecule has 0 spiro atoms. The summed E-state index contributed by atoms with van der Waals surface area (Å²) in [4.78, 5) is 11.1. The normalized spacial score (nSPS) is 9.78. The van der Waals surface area contributed by atoms with Crippen molar-refractivity contribution in [3.05, 3.63) is 66.0 Å². The van der Waals surface area contributed by atoms with Crippen LogP contribution in [-0.2, 0) is 12.8 Å². The van der Waals surface area contributed by atoms with E-state index in [9.17, 15) is 0 Å². The Hall–Kier alpha value is -4.03. The van der Waals surface area contributed by atoms with E-state index in [1.807, 2.05) is 49.6 Å². The minimum absolute atomic E-state index is 0.681. The lowest BCUT2D eigenvalue weighted by molar-refractivity contribution is -0.659. The van der Waals surface area contributed by atoms with Gasteiger partial charge in [-0.05, 0) is 49.2 Å². The van der Waals surface area contributed by atoms with Gasteiger partial charge in [-0.1, -0.05) is 36.1 Å². The van der Waals surface area contributed by atoms with E-state index in [0.29, 0.717) is 5.95 Å². The molecule has 3 rings (SSSR count). The molecule has 0 aliphatic rings. The van der Waals surface area contributed by atoms with E-state index in [2.05, 4.69) is 87.5 Å². The molecule has 1 heterocycles. The molecule has 0 saturated carbocycles. The van der Waals surface area contributed by atoms with Gasteiger partial charge in [0.05, 0.1) is 11.4 Å². The zero-order valence-corrected chi connectivity index (χ0v) is 19.3. The molecule has 3 aromatic rings. The second kappa shape index (κ2) is 10.8. The molecule has 0 unspecified atom stereocenters. The maximum Gasteiger partial charge on any atom is 0.352 e. The molecular formula is C26H29N6+. The number of hydrogen-bond acceptors (Lipinski definition) is 5. The third kappa shape index (κ3) is 5.17. The fraction of sp³-hybridized carbons (Fsp3) is 0.269. The van der Waals surface area contributed by atoms with E-state index < -0.39 is 0 Å². The van der Waals surface area contributed by atoms with Gasteiger partial charge >= 0.3 is 11.9 Å². The van der Waals surface area contributed by atoms with Gasteiger partial charge in [0.25, 0.3) is 0 Å². The summed E-state index contributed by atoms with van der Waals surface area (Å²) in [7, 11) is 5.85. The summed E-state index contributed by atoms with van der Waals surface area (Å²) >= 11 is 0. The van der Waals surface area contributed by atoms with Crippen molar-refractivity contribution in [1.29, 1.82) is 0 Å². The standard InChI is InChI=1S/C26H28N6/c1-6-8-10-21-12-16-23(17-13-21)30(4)26-29-20-28-25(27-3)32(26)31(5)24-18-14-22(15-19-24)11-9-7-2/h12-20H,10-11H2,1-5H3/p+1. The molecule has 6 heteroatoms. The van der Waals surface area contributed by atoms with Crippen molar-refractivity contribution < 1.29 is 4.68 Å². The highest BCUT2D eigenvalue weighted by molar-refractivity contribution is 5.56. The molecule has 0 aliphatic heterocycles. The van der Waals surface area contributed by atoms with E-state index in [0.717, 1.165) is 30.2 Å². The largest absolute Gasteiger partial charge is 0.352 e. The molecule has 6 nitrogen and oxygen atoms in total. The van der Waals surface area contributed by atoms with Gasteiger partial charge in [0, 0.05) is 34.0 Å². The fourth-order valence-electron chi connectivity index (χ4n) is 3.29. The second-order valence-electron chi connectivity index (χ2n) is 7.18. The highest BCUT2D eigenvalue weighted by atomic mass is 15.6. The van der Waals surface area contributed by atoms with Gasteiger partial charge in [0.2, 0.25) is 6.33 Å². The summed E-state index contributed by atoms with van der Waals surface area (Å²) < 4.78 is 1.96. The van der Waals surface area contributed by atoms with Crippen molar-refractivity contribution in [2.45, 2.75) is 26.7 Å². The summed E-state index contributed by atoms with van der Waals surface area (Å²) in [6.45, 7) is 3.72. The van der Waals surface area contributed by atoms with Crippen LogP contribution in [0.25, 0.3) is 0 Å². The van der Waals surface area contributed by atoms with Crippen molar-refractivity contribution in [3.63, 3.8) is 0 Å². The third-order valence-electron chi connectivity index (χ3n) is 5.14. The smallest absolute Gasteiger partial charge is 0.308 e. The van der Waals surface area contributed by atoms with Crippen molar-refractivity contribution in [2.75, 3.05) is 36.4 Å². The maximum absolute atomic E-state index is 4.60. The van der Waals surface area contributed by atoms with Crippen LogP contribution in [0.3, 0.4) is 0 Å². The fourth-order valence-corrected chi connectivity index (χ4v) is 3.29. The highest BCUT2D eigenvalue weighted by Gasteiger charge is 2.24. The summed E-state index contributed by atoms with van der Waals surface area (Å²) in [6, 6.07) is 16.7. The quantitative estimate of drug-likeness (QED) is 0.463. The van der Waals surface area contributed by atoms with Crippen LogP contribution >= 0.6 is 0 Å². The molecule has 0 atom stereocenters. The Kier molecular flexibility index (Phi) is 7.67. The van der Waals surface area contributed by atoms with Gasteiger partial charge in [-0.25, -0.2) is 5.01 Å². The monoisotopic (exact) mass is 425 g/mol. The first-order valence-corrected chi connectivity index (χ1v) is 10.5. The first-order valence-electron chi connectivity index (χ1n) is 10.5. The predicted molar refractivity (Wildman–Crippen MR) is 131 cm³/mol. The van der Waals surface area contributed by atoms with E-state index in [-0.39, 0.29) is 0 Å². The summed E-state index contributed by atoms with van der Waals surface area (Å²) in [5, 5.41) is 5.20. The van der Waals surface area contributed by atoms with Crippen LogP contribution in [0.1, 0.15) is 25.0 Å². The van der Waals surface area contributed by atoms with Crippen LogP contribution < -0.4 is 19.9 Å². The Morgan fingerprint density at radius 2 is 1.34 bits per heavy atom. The first-order chi connectivity index (χ1) is 15.6. The zero-order chi connectivity index (χ0) is 22.9. The average Bonchev–Trinajstić information content (AvgIpc) is 2.85. The number of benzene rings is 2. The number of aromatic nitrogens is 3. The molecule has 0 aliphatic carbocycles. The van der Waals surface area contributed by atoms with Crippen molar-refractivity contribution in [1.82, 2.24) is 9.97 Å². The molecule has 1 N–H and O–H groups in total. The number of nitrogens with zero attached hydrogens (tertiary/aromatic N) is 5. The Morgan fingerprint density at radius 3 is 1.84 bits per heavy atom. The topological polar surface area (TPSA) is 48.2 Å². The number of anilines is 4. The number of rotatable bonds is 7. The van der Waals surface area contributed by atoms with E-state index in [4.69, 9.17) is 0 Å². The molecule has 162 valence electrons. The maximum atomic E-state index is 4.60. The lowest BCUT2D eigenvalue weighted by Crippen LogP contribution is -2.57. The van der Waals surface area contributed by atoms with Crippen LogP contribution in [0.15, 0.2) is 54.9 Å². The highest BCUT2D eigenvalue weighted by Crippen LogP contribution is 2.22. The molecule has 0 radical (unpaired) electrons. The molecule has 0 amide bonds. The molecule has 2 aromatic carbocycles. The van der Waals surface area contributed by atoms with Crippen molar-refractivity contribution in [3.8, 4) is 23.7 Å². The number of nitrogens with one attached hydrogen (secondary N) is 1. The Labute approximate surface area is 190 Å². The van der Waals surface area contributed by atoms with Gasteiger partial charge in [0.1, 0.15) is 0 Å². The van der Waals surface area contributed by atoms with Gasteiger partial charge in [-0.15, -0.1) is 26.5 Å². The summed E-state index contributed by atoms with van der Waals surface area (Å²) in [5.74, 6) is 13.5. The molecule has 0 fully saturated rings. The van der Waals surface area contributed by atoms with Crippen LogP contribution in [0, 0.1) is 23.7 Å². The van der Waals surface area contributed by atoms with Crippen LogP contribution in [0.4, 0.5) is 23.3 Å². The van der Waals surface area contributed by atoms with Crippen LogP contribution in [0.5, 0.6) is 0 Å². The van der Waals surface area contributed by atoms with Crippen LogP contribution in [0.2, 0.25) is 0 Å². The average molecular weight is 426 g/mol. The zero-order valence-electron chi connectivity index (χ0n) is 19.3. The van der Waals surface area contributed by atoms with Gasteiger partial charge < -0.3 is 5.32 Å². The molecule has 32 heavy (non-hydrogen) atoms. The second-order valence-corrected chi connectivity index (χ2v) is 7.18. The van der Waals surface area contributed by atoms with E-state index in [1.54, 1.807) is 6.33 Å². The van der Waals surface area contributed by atoms with E-state index >= 15 is 0 Å². The third-order valence-corrected chi connectivity index (χ3v) is 5.14. The Morgan fingerprint density at radius 1 is 0.812 bits per heavy atom. The molecule has 0 saturated heterocycles.